The second-order valence-electron chi connectivity index (χ2n) is 7.98. The first-order valence-corrected chi connectivity index (χ1v) is 12.0. The Morgan fingerprint density at radius 3 is 1.27 bits per heavy atom. The number of rotatable bonds is 21. The molecule has 156 valence electrons. The summed E-state index contributed by atoms with van der Waals surface area (Å²) in [6.45, 7) is 5.07. The molecule has 0 aliphatic rings. The lowest BCUT2D eigenvalue weighted by Gasteiger charge is -2.05. The third-order valence-electron chi connectivity index (χ3n) is 5.25. The van der Waals surface area contributed by atoms with Crippen LogP contribution in [0.4, 0.5) is 0 Å². The molecule has 0 saturated heterocycles. The van der Waals surface area contributed by atoms with Gasteiger partial charge in [0.25, 0.3) is 0 Å². The van der Waals surface area contributed by atoms with E-state index in [4.69, 9.17) is 4.74 Å². The quantitative estimate of drug-likeness (QED) is 0.150. The fourth-order valence-corrected chi connectivity index (χ4v) is 3.43. The summed E-state index contributed by atoms with van der Waals surface area (Å²) in [6.07, 6.45) is 25.9. The van der Waals surface area contributed by atoms with E-state index in [-0.39, 0.29) is 5.97 Å². The molecule has 2 heteroatoms. The highest BCUT2D eigenvalue weighted by molar-refractivity contribution is 5.69. The molecule has 0 radical (unpaired) electrons. The van der Waals surface area contributed by atoms with Gasteiger partial charge in [-0.05, 0) is 12.8 Å². The fraction of sp³-hybridized carbons (Fsp3) is 0.958. The number of carbonyl (C=O) groups is 1. The van der Waals surface area contributed by atoms with E-state index in [9.17, 15) is 4.79 Å². The number of ether oxygens (including phenoxy) is 1. The zero-order valence-electron chi connectivity index (χ0n) is 18.2. The molecule has 0 heterocycles. The lowest BCUT2D eigenvalue weighted by Crippen LogP contribution is -2.05. The summed E-state index contributed by atoms with van der Waals surface area (Å²) in [5.74, 6) is -0.000547. The van der Waals surface area contributed by atoms with E-state index < -0.39 is 0 Å². The van der Waals surface area contributed by atoms with E-state index >= 15 is 0 Å². The van der Waals surface area contributed by atoms with Gasteiger partial charge in [-0.3, -0.25) is 4.79 Å². The SMILES string of the molecule is CCCCCCCCCCCCCCCCCCOC(=O)CCCCC. The van der Waals surface area contributed by atoms with Crippen molar-refractivity contribution in [2.45, 2.75) is 142 Å². The average molecular weight is 369 g/mol. The summed E-state index contributed by atoms with van der Waals surface area (Å²) in [4.78, 5) is 11.5. The standard InChI is InChI=1S/C24H48O2/c1-3-5-7-8-9-10-11-12-13-14-15-16-17-18-19-21-23-26-24(25)22-20-6-4-2/h3-23H2,1-2H3. The first-order valence-electron chi connectivity index (χ1n) is 12.0. The molecule has 0 aromatic heterocycles. The van der Waals surface area contributed by atoms with Gasteiger partial charge in [0, 0.05) is 6.42 Å². The first kappa shape index (κ1) is 25.5. The number of esters is 1. The lowest BCUT2D eigenvalue weighted by atomic mass is 10.0. The Kier molecular flexibility index (Phi) is 22.1. The fourth-order valence-electron chi connectivity index (χ4n) is 3.43. The van der Waals surface area contributed by atoms with Gasteiger partial charge in [0.1, 0.15) is 0 Å². The van der Waals surface area contributed by atoms with E-state index in [0.717, 1.165) is 25.7 Å². The van der Waals surface area contributed by atoms with E-state index in [0.29, 0.717) is 13.0 Å². The Balaban J connectivity index is 3.06. The van der Waals surface area contributed by atoms with Gasteiger partial charge < -0.3 is 4.74 Å². The predicted octanol–water partition coefficient (Wildman–Crippen LogP) is 8.37. The van der Waals surface area contributed by atoms with Crippen LogP contribution in [-0.4, -0.2) is 12.6 Å². The van der Waals surface area contributed by atoms with Crippen LogP contribution in [0.1, 0.15) is 142 Å². The molecule has 0 aromatic rings. The monoisotopic (exact) mass is 368 g/mol. The van der Waals surface area contributed by atoms with Crippen LogP contribution in [-0.2, 0) is 9.53 Å². The van der Waals surface area contributed by atoms with Gasteiger partial charge in [-0.25, -0.2) is 0 Å². The summed E-state index contributed by atoms with van der Waals surface area (Å²) in [5, 5.41) is 0. The Labute approximate surface area is 164 Å². The van der Waals surface area contributed by atoms with Crippen molar-refractivity contribution in [3.63, 3.8) is 0 Å². The number of hydrogen-bond acceptors (Lipinski definition) is 2. The maximum absolute atomic E-state index is 11.5. The second kappa shape index (κ2) is 22.5. The molecular formula is C24H48O2. The van der Waals surface area contributed by atoms with E-state index in [2.05, 4.69) is 13.8 Å². The normalized spacial score (nSPS) is 11.0. The van der Waals surface area contributed by atoms with Crippen LogP contribution in [0, 0.1) is 0 Å². The van der Waals surface area contributed by atoms with Gasteiger partial charge in [-0.1, -0.05) is 123 Å². The van der Waals surface area contributed by atoms with Gasteiger partial charge in [-0.2, -0.15) is 0 Å². The van der Waals surface area contributed by atoms with Crippen molar-refractivity contribution in [1.82, 2.24) is 0 Å². The molecule has 0 rings (SSSR count). The van der Waals surface area contributed by atoms with Crippen molar-refractivity contribution in [2.75, 3.05) is 6.61 Å². The van der Waals surface area contributed by atoms with Crippen molar-refractivity contribution >= 4 is 5.97 Å². The summed E-state index contributed by atoms with van der Waals surface area (Å²) < 4.78 is 5.27. The highest BCUT2D eigenvalue weighted by Crippen LogP contribution is 2.13. The smallest absolute Gasteiger partial charge is 0.305 e. The molecule has 0 N–H and O–H groups in total. The average Bonchev–Trinajstić information content (AvgIpc) is 2.64. The van der Waals surface area contributed by atoms with Gasteiger partial charge in [0.05, 0.1) is 6.61 Å². The van der Waals surface area contributed by atoms with Gasteiger partial charge in [0.15, 0.2) is 0 Å². The zero-order chi connectivity index (χ0) is 19.1. The molecule has 0 bridgehead atoms. The molecule has 0 fully saturated rings. The van der Waals surface area contributed by atoms with E-state index in [1.54, 1.807) is 0 Å². The lowest BCUT2D eigenvalue weighted by molar-refractivity contribution is -0.143. The van der Waals surface area contributed by atoms with Crippen LogP contribution in [0.25, 0.3) is 0 Å². The van der Waals surface area contributed by atoms with Gasteiger partial charge >= 0.3 is 5.97 Å². The van der Waals surface area contributed by atoms with Crippen LogP contribution in [0.15, 0.2) is 0 Å². The molecule has 0 unspecified atom stereocenters. The summed E-state index contributed by atoms with van der Waals surface area (Å²) in [6, 6.07) is 0. The van der Waals surface area contributed by atoms with Crippen LogP contribution >= 0.6 is 0 Å². The van der Waals surface area contributed by atoms with Gasteiger partial charge in [-0.15, -0.1) is 0 Å². The van der Waals surface area contributed by atoms with Crippen LogP contribution in [0.2, 0.25) is 0 Å². The number of hydrogen-bond donors (Lipinski definition) is 0. The van der Waals surface area contributed by atoms with E-state index in [1.807, 2.05) is 0 Å². The Morgan fingerprint density at radius 2 is 0.846 bits per heavy atom. The Hall–Kier alpha value is -0.530. The minimum Gasteiger partial charge on any atom is -0.466 e. The minimum absolute atomic E-state index is 0.000547. The predicted molar refractivity (Wildman–Crippen MR) is 115 cm³/mol. The molecular weight excluding hydrogens is 320 g/mol. The maximum Gasteiger partial charge on any atom is 0.305 e. The van der Waals surface area contributed by atoms with Crippen molar-refractivity contribution in [2.24, 2.45) is 0 Å². The zero-order valence-corrected chi connectivity index (χ0v) is 18.2. The molecule has 0 aliphatic heterocycles. The van der Waals surface area contributed by atoms with Crippen molar-refractivity contribution in [1.29, 1.82) is 0 Å². The van der Waals surface area contributed by atoms with Crippen LogP contribution in [0.5, 0.6) is 0 Å². The second-order valence-corrected chi connectivity index (χ2v) is 7.98. The molecule has 2 nitrogen and oxygen atoms in total. The molecule has 0 atom stereocenters. The van der Waals surface area contributed by atoms with Crippen molar-refractivity contribution in [3.05, 3.63) is 0 Å². The molecule has 0 spiro atoms. The summed E-state index contributed by atoms with van der Waals surface area (Å²) in [5.41, 5.74) is 0. The molecule has 26 heavy (non-hydrogen) atoms. The molecule has 0 aromatic carbocycles. The molecule has 0 saturated carbocycles. The summed E-state index contributed by atoms with van der Waals surface area (Å²) >= 11 is 0. The first-order chi connectivity index (χ1) is 12.8. The molecule has 0 amide bonds. The molecule has 0 aliphatic carbocycles. The number of carbonyl (C=O) groups excluding carboxylic acids is 1. The van der Waals surface area contributed by atoms with Crippen molar-refractivity contribution in [3.8, 4) is 0 Å². The largest absolute Gasteiger partial charge is 0.466 e. The Bertz CT molecular complexity index is 275. The highest BCUT2D eigenvalue weighted by Gasteiger charge is 2.01. The van der Waals surface area contributed by atoms with E-state index in [1.165, 1.54) is 96.3 Å². The minimum atomic E-state index is -0.000547. The Morgan fingerprint density at radius 1 is 0.500 bits per heavy atom. The van der Waals surface area contributed by atoms with Crippen LogP contribution in [0.3, 0.4) is 0 Å². The summed E-state index contributed by atoms with van der Waals surface area (Å²) in [7, 11) is 0. The topological polar surface area (TPSA) is 26.3 Å². The maximum atomic E-state index is 11.5. The van der Waals surface area contributed by atoms with Crippen molar-refractivity contribution < 1.29 is 9.53 Å². The van der Waals surface area contributed by atoms with Gasteiger partial charge in [0.2, 0.25) is 0 Å². The third-order valence-corrected chi connectivity index (χ3v) is 5.25. The third kappa shape index (κ3) is 21.5. The van der Waals surface area contributed by atoms with Crippen LogP contribution < -0.4 is 0 Å². The highest BCUT2D eigenvalue weighted by atomic mass is 16.5. The number of unbranched alkanes of at least 4 members (excludes halogenated alkanes) is 17.